The predicted octanol–water partition coefficient (Wildman–Crippen LogP) is 4.59. The van der Waals surface area contributed by atoms with Crippen LogP contribution in [0.2, 0.25) is 0 Å². The van der Waals surface area contributed by atoms with Crippen molar-refractivity contribution in [3.8, 4) is 0 Å². The fourth-order valence-electron chi connectivity index (χ4n) is 0.927. The van der Waals surface area contributed by atoms with Crippen molar-refractivity contribution >= 4 is 0 Å². The van der Waals surface area contributed by atoms with Crippen molar-refractivity contribution in [2.24, 2.45) is 0 Å². The highest BCUT2D eigenvalue weighted by Crippen LogP contribution is 1.93. The Morgan fingerprint density at radius 2 is 0.786 bits per heavy atom. The van der Waals surface area contributed by atoms with E-state index in [-0.39, 0.29) is 0 Å². The fourth-order valence-corrected chi connectivity index (χ4v) is 0.927. The van der Waals surface area contributed by atoms with E-state index in [0.29, 0.717) is 0 Å². The van der Waals surface area contributed by atoms with Gasteiger partial charge in [0.05, 0.1) is 0 Å². The highest BCUT2D eigenvalue weighted by molar-refractivity contribution is 4.99. The lowest BCUT2D eigenvalue weighted by Crippen LogP contribution is -1.62. The second kappa shape index (κ2) is 11.7. The van der Waals surface area contributed by atoms with Crippen molar-refractivity contribution in [3.63, 3.8) is 0 Å². The molecule has 0 spiro atoms. The SMILES string of the molecule is C=CCC=CCC=CCC=CCC=C. The van der Waals surface area contributed by atoms with E-state index in [0.717, 1.165) is 25.7 Å². The maximum atomic E-state index is 3.65. The van der Waals surface area contributed by atoms with Gasteiger partial charge in [-0.1, -0.05) is 48.6 Å². The molecule has 0 nitrogen and oxygen atoms in total. The topological polar surface area (TPSA) is 0 Å². The van der Waals surface area contributed by atoms with Gasteiger partial charge in [0, 0.05) is 0 Å². The molecule has 0 radical (unpaired) electrons. The van der Waals surface area contributed by atoms with E-state index in [1.807, 2.05) is 12.2 Å². The first-order valence-corrected chi connectivity index (χ1v) is 5.08. The highest BCUT2D eigenvalue weighted by atomic mass is 13.8. The number of rotatable bonds is 8. The van der Waals surface area contributed by atoms with Crippen LogP contribution in [0.3, 0.4) is 0 Å². The molecular weight excluding hydrogens is 168 g/mol. The fraction of sp³-hybridized carbons (Fsp3) is 0.286. The third-order valence-electron chi connectivity index (χ3n) is 1.65. The van der Waals surface area contributed by atoms with Crippen LogP contribution in [0, 0.1) is 0 Å². The van der Waals surface area contributed by atoms with Crippen molar-refractivity contribution in [1.29, 1.82) is 0 Å². The Hall–Kier alpha value is -1.30. The monoisotopic (exact) mass is 188 g/mol. The normalized spacial score (nSPS) is 11.7. The van der Waals surface area contributed by atoms with E-state index < -0.39 is 0 Å². The summed E-state index contributed by atoms with van der Waals surface area (Å²) in [6, 6.07) is 0. The van der Waals surface area contributed by atoms with E-state index >= 15 is 0 Å². The molecule has 0 saturated carbocycles. The van der Waals surface area contributed by atoms with Crippen molar-refractivity contribution < 1.29 is 0 Å². The molecule has 0 saturated heterocycles. The van der Waals surface area contributed by atoms with Gasteiger partial charge in [0.1, 0.15) is 0 Å². The minimum atomic E-state index is 0.965. The Morgan fingerprint density at radius 3 is 1.07 bits per heavy atom. The number of allylic oxidation sites excluding steroid dienone is 8. The Labute approximate surface area is 88.0 Å². The Kier molecular flexibility index (Phi) is 10.6. The van der Waals surface area contributed by atoms with Crippen LogP contribution < -0.4 is 0 Å². The second-order valence-corrected chi connectivity index (χ2v) is 2.93. The lowest BCUT2D eigenvalue weighted by atomic mass is 10.2. The van der Waals surface area contributed by atoms with Crippen molar-refractivity contribution in [3.05, 3.63) is 61.8 Å². The average molecular weight is 188 g/mol. The summed E-state index contributed by atoms with van der Waals surface area (Å²) in [4.78, 5) is 0. The van der Waals surface area contributed by atoms with Gasteiger partial charge in [0.15, 0.2) is 0 Å². The smallest absolute Gasteiger partial charge is 0.0169 e. The van der Waals surface area contributed by atoms with Crippen molar-refractivity contribution in [2.75, 3.05) is 0 Å². The zero-order valence-electron chi connectivity index (χ0n) is 8.86. The van der Waals surface area contributed by atoms with Crippen LogP contribution in [0.25, 0.3) is 0 Å². The van der Waals surface area contributed by atoms with E-state index in [1.54, 1.807) is 0 Å². The first kappa shape index (κ1) is 12.7. The van der Waals surface area contributed by atoms with Crippen LogP contribution in [0.1, 0.15) is 25.7 Å². The van der Waals surface area contributed by atoms with Crippen LogP contribution >= 0.6 is 0 Å². The van der Waals surface area contributed by atoms with E-state index in [4.69, 9.17) is 0 Å². The summed E-state index contributed by atoms with van der Waals surface area (Å²) in [5.74, 6) is 0. The minimum Gasteiger partial charge on any atom is -0.103 e. The summed E-state index contributed by atoms with van der Waals surface area (Å²) in [5.41, 5.74) is 0. The first-order valence-electron chi connectivity index (χ1n) is 5.08. The summed E-state index contributed by atoms with van der Waals surface area (Å²) >= 11 is 0. The maximum absolute atomic E-state index is 3.65. The molecule has 0 heterocycles. The van der Waals surface area contributed by atoms with Gasteiger partial charge in [0.2, 0.25) is 0 Å². The molecule has 0 bridgehead atoms. The quantitative estimate of drug-likeness (QED) is 0.489. The molecule has 0 unspecified atom stereocenters. The summed E-state index contributed by atoms with van der Waals surface area (Å²) < 4.78 is 0. The van der Waals surface area contributed by atoms with Gasteiger partial charge in [-0.3, -0.25) is 0 Å². The second-order valence-electron chi connectivity index (χ2n) is 2.93. The van der Waals surface area contributed by atoms with Crippen molar-refractivity contribution in [2.45, 2.75) is 25.7 Å². The van der Waals surface area contributed by atoms with Gasteiger partial charge in [0.25, 0.3) is 0 Å². The molecule has 0 rings (SSSR count). The summed E-state index contributed by atoms with van der Waals surface area (Å²) in [5, 5.41) is 0. The Morgan fingerprint density at radius 1 is 0.500 bits per heavy atom. The first-order chi connectivity index (χ1) is 6.91. The van der Waals surface area contributed by atoms with Gasteiger partial charge in [-0.25, -0.2) is 0 Å². The minimum absolute atomic E-state index is 0.965. The van der Waals surface area contributed by atoms with Gasteiger partial charge < -0.3 is 0 Å². The lowest BCUT2D eigenvalue weighted by Gasteiger charge is -1.83. The van der Waals surface area contributed by atoms with Crippen LogP contribution in [-0.2, 0) is 0 Å². The number of hydrogen-bond donors (Lipinski definition) is 0. The molecule has 0 aromatic heterocycles. The van der Waals surface area contributed by atoms with Crippen LogP contribution in [0.5, 0.6) is 0 Å². The van der Waals surface area contributed by atoms with E-state index in [2.05, 4.69) is 49.6 Å². The Balaban J connectivity index is 3.35. The summed E-state index contributed by atoms with van der Waals surface area (Å²) in [6.07, 6.45) is 20.7. The van der Waals surface area contributed by atoms with Crippen LogP contribution in [0.4, 0.5) is 0 Å². The molecule has 0 aliphatic rings. The predicted molar refractivity (Wildman–Crippen MR) is 66.3 cm³/mol. The molecule has 76 valence electrons. The molecular formula is C14H20. The molecule has 0 N–H and O–H groups in total. The third kappa shape index (κ3) is 10.7. The summed E-state index contributed by atoms with van der Waals surface area (Å²) in [7, 11) is 0. The number of hydrogen-bond acceptors (Lipinski definition) is 0. The highest BCUT2D eigenvalue weighted by Gasteiger charge is 1.72. The average Bonchev–Trinajstić information content (AvgIpc) is 2.21. The molecule has 0 atom stereocenters. The van der Waals surface area contributed by atoms with E-state index in [9.17, 15) is 0 Å². The zero-order chi connectivity index (χ0) is 10.5. The molecule has 0 aliphatic carbocycles. The molecule has 0 heteroatoms. The largest absolute Gasteiger partial charge is 0.103 e. The maximum Gasteiger partial charge on any atom is -0.0169 e. The zero-order valence-corrected chi connectivity index (χ0v) is 8.86. The molecule has 0 aliphatic heterocycles. The van der Waals surface area contributed by atoms with Gasteiger partial charge in [-0.15, -0.1) is 13.2 Å². The molecule has 14 heavy (non-hydrogen) atoms. The van der Waals surface area contributed by atoms with Crippen LogP contribution in [0.15, 0.2) is 61.8 Å². The molecule has 0 fully saturated rings. The Bertz CT molecular complexity index is 192. The van der Waals surface area contributed by atoms with Gasteiger partial charge in [-0.2, -0.15) is 0 Å². The van der Waals surface area contributed by atoms with Gasteiger partial charge in [-0.05, 0) is 25.7 Å². The molecule has 0 amide bonds. The molecule has 0 aromatic carbocycles. The lowest BCUT2D eigenvalue weighted by molar-refractivity contribution is 1.27. The summed E-state index contributed by atoms with van der Waals surface area (Å²) in [6.45, 7) is 7.30. The van der Waals surface area contributed by atoms with Gasteiger partial charge >= 0.3 is 0 Å². The molecule has 0 aromatic rings. The standard InChI is InChI=1S/C14H20/c1-3-5-7-9-11-13-14-12-10-8-6-4-2/h3-4,7-10,13-14H,1-2,5-6,11-12H2. The van der Waals surface area contributed by atoms with E-state index in [1.165, 1.54) is 0 Å². The van der Waals surface area contributed by atoms with Crippen molar-refractivity contribution in [1.82, 2.24) is 0 Å². The van der Waals surface area contributed by atoms with Crippen LogP contribution in [-0.4, -0.2) is 0 Å². The third-order valence-corrected chi connectivity index (χ3v) is 1.65.